The van der Waals surface area contributed by atoms with E-state index >= 15 is 0 Å². The van der Waals surface area contributed by atoms with Gasteiger partial charge in [-0.2, -0.15) is 0 Å². The minimum Gasteiger partial charge on any atom is -0.389 e. The minimum absolute atomic E-state index is 0.0943. The molecule has 0 atom stereocenters. The van der Waals surface area contributed by atoms with Gasteiger partial charge in [0.25, 0.3) is 5.91 Å². The number of hydrogen-bond donors (Lipinski definition) is 3. The van der Waals surface area contributed by atoms with Crippen molar-refractivity contribution >= 4 is 11.6 Å². The van der Waals surface area contributed by atoms with Crippen molar-refractivity contribution in [2.75, 3.05) is 18.5 Å². The summed E-state index contributed by atoms with van der Waals surface area (Å²) in [6, 6.07) is 6.91. The lowest BCUT2D eigenvalue weighted by atomic mass is 10.1. The van der Waals surface area contributed by atoms with E-state index < -0.39 is 5.60 Å². The Morgan fingerprint density at radius 2 is 1.94 bits per heavy atom. The van der Waals surface area contributed by atoms with Gasteiger partial charge in [-0.25, -0.2) is 0 Å². The molecule has 1 rings (SSSR count). The summed E-state index contributed by atoms with van der Waals surface area (Å²) >= 11 is 0. The van der Waals surface area contributed by atoms with Gasteiger partial charge in [-0.1, -0.05) is 0 Å². The molecule has 5 heteroatoms. The first-order valence-electron chi connectivity index (χ1n) is 5.95. The number of likely N-dealkylation sites (N-methyl/N-ethyl adjacent to an activating group) is 1. The van der Waals surface area contributed by atoms with Crippen LogP contribution in [0.3, 0.4) is 0 Å². The Bertz CT molecular complexity index is 396. The summed E-state index contributed by atoms with van der Waals surface area (Å²) < 4.78 is 0. The number of carbonyl (C=O) groups excluding carboxylic acids is 1. The van der Waals surface area contributed by atoms with Crippen LogP contribution >= 0.6 is 0 Å². The molecule has 0 saturated heterocycles. The summed E-state index contributed by atoms with van der Waals surface area (Å²) in [7, 11) is 0. The van der Waals surface area contributed by atoms with Crippen molar-refractivity contribution in [2.45, 2.75) is 26.4 Å². The fraction of sp³-hybridized carbons (Fsp3) is 0.462. The van der Waals surface area contributed by atoms with E-state index in [1.165, 1.54) is 0 Å². The van der Waals surface area contributed by atoms with Crippen LogP contribution in [0.25, 0.3) is 0 Å². The lowest BCUT2D eigenvalue weighted by Crippen LogP contribution is -2.42. The van der Waals surface area contributed by atoms with Gasteiger partial charge in [0.2, 0.25) is 0 Å². The molecule has 1 aromatic rings. The summed E-state index contributed by atoms with van der Waals surface area (Å²) in [6.45, 7) is 6.12. The van der Waals surface area contributed by atoms with Crippen LogP contribution in [0, 0.1) is 0 Å². The molecule has 0 spiro atoms. The van der Waals surface area contributed by atoms with Crippen molar-refractivity contribution < 1.29 is 9.90 Å². The lowest BCUT2D eigenvalue weighted by molar-refractivity contribution is 0.0314. The van der Waals surface area contributed by atoms with E-state index in [9.17, 15) is 9.90 Å². The monoisotopic (exact) mass is 251 g/mol. The largest absolute Gasteiger partial charge is 0.389 e. The molecule has 0 aromatic heterocycles. The zero-order chi connectivity index (χ0) is 13.8. The van der Waals surface area contributed by atoms with Crippen molar-refractivity contribution in [1.82, 2.24) is 4.90 Å². The summed E-state index contributed by atoms with van der Waals surface area (Å²) in [5.41, 5.74) is 2.94. The normalized spacial score (nSPS) is 11.2. The van der Waals surface area contributed by atoms with Gasteiger partial charge in [0.1, 0.15) is 0 Å². The average molecular weight is 251 g/mol. The second kappa shape index (κ2) is 5.84. The van der Waals surface area contributed by atoms with Crippen LogP contribution in [0.4, 0.5) is 5.69 Å². The highest BCUT2D eigenvalue weighted by molar-refractivity contribution is 5.94. The number of benzene rings is 1. The highest BCUT2D eigenvalue weighted by atomic mass is 16.3. The first-order chi connectivity index (χ1) is 8.37. The molecule has 0 saturated carbocycles. The van der Waals surface area contributed by atoms with E-state index in [0.29, 0.717) is 18.7 Å². The predicted octanol–water partition coefficient (Wildman–Crippen LogP) is 1.21. The van der Waals surface area contributed by atoms with Gasteiger partial charge in [-0.05, 0) is 45.0 Å². The van der Waals surface area contributed by atoms with E-state index in [0.717, 1.165) is 5.69 Å². The molecule has 0 bridgehead atoms. The number of carbonyl (C=O) groups is 1. The number of hydrazine groups is 1. The van der Waals surface area contributed by atoms with Crippen molar-refractivity contribution in [3.8, 4) is 0 Å². The standard InChI is InChI=1S/C13H21N3O2/c1-4-16(9-13(2,3)18)12(17)10-5-7-11(15-14)8-6-10/h5-8,15,18H,4,9,14H2,1-3H3. The maximum Gasteiger partial charge on any atom is 0.253 e. The maximum atomic E-state index is 12.2. The highest BCUT2D eigenvalue weighted by Gasteiger charge is 2.22. The highest BCUT2D eigenvalue weighted by Crippen LogP contribution is 2.13. The van der Waals surface area contributed by atoms with Crippen molar-refractivity contribution in [2.24, 2.45) is 5.84 Å². The van der Waals surface area contributed by atoms with Crippen LogP contribution in [0.2, 0.25) is 0 Å². The fourth-order valence-electron chi connectivity index (χ4n) is 1.69. The van der Waals surface area contributed by atoms with Gasteiger partial charge < -0.3 is 15.4 Å². The van der Waals surface area contributed by atoms with Gasteiger partial charge in [0.15, 0.2) is 0 Å². The van der Waals surface area contributed by atoms with E-state index in [1.54, 1.807) is 43.0 Å². The lowest BCUT2D eigenvalue weighted by Gasteiger charge is -2.28. The molecule has 0 aliphatic heterocycles. The Balaban J connectivity index is 2.82. The van der Waals surface area contributed by atoms with E-state index in [4.69, 9.17) is 5.84 Å². The summed E-state index contributed by atoms with van der Waals surface area (Å²) in [5, 5.41) is 9.78. The molecular formula is C13H21N3O2. The van der Waals surface area contributed by atoms with Crippen molar-refractivity contribution in [3.63, 3.8) is 0 Å². The first-order valence-corrected chi connectivity index (χ1v) is 5.95. The molecule has 0 aliphatic carbocycles. The van der Waals surface area contributed by atoms with E-state index in [-0.39, 0.29) is 5.91 Å². The number of hydrogen-bond acceptors (Lipinski definition) is 4. The molecule has 1 aromatic carbocycles. The third-order valence-electron chi connectivity index (χ3n) is 2.55. The van der Waals surface area contributed by atoms with Crippen LogP contribution < -0.4 is 11.3 Å². The van der Waals surface area contributed by atoms with Crippen LogP contribution in [0.15, 0.2) is 24.3 Å². The van der Waals surface area contributed by atoms with Crippen LogP contribution in [-0.2, 0) is 0 Å². The SMILES string of the molecule is CCN(CC(C)(C)O)C(=O)c1ccc(NN)cc1. The molecule has 4 N–H and O–H groups in total. The number of nitrogen functional groups attached to an aromatic ring is 1. The topological polar surface area (TPSA) is 78.6 Å². The van der Waals surface area contributed by atoms with Gasteiger partial charge in [0, 0.05) is 24.3 Å². The van der Waals surface area contributed by atoms with Gasteiger partial charge >= 0.3 is 0 Å². The second-order valence-corrected chi connectivity index (χ2v) is 4.85. The Hall–Kier alpha value is -1.59. The summed E-state index contributed by atoms with van der Waals surface area (Å²) in [4.78, 5) is 13.8. The molecule has 1 amide bonds. The number of anilines is 1. The predicted molar refractivity (Wildman–Crippen MR) is 72.1 cm³/mol. The molecule has 0 fully saturated rings. The van der Waals surface area contributed by atoms with Crippen LogP contribution in [0.5, 0.6) is 0 Å². The van der Waals surface area contributed by atoms with E-state index in [2.05, 4.69) is 5.43 Å². The maximum absolute atomic E-state index is 12.2. The molecule has 0 heterocycles. The van der Waals surface area contributed by atoms with E-state index in [1.807, 2.05) is 6.92 Å². The summed E-state index contributed by atoms with van der Waals surface area (Å²) in [5.74, 6) is 5.17. The number of nitrogens with two attached hydrogens (primary N) is 1. The molecule has 18 heavy (non-hydrogen) atoms. The molecule has 5 nitrogen and oxygen atoms in total. The molecular weight excluding hydrogens is 230 g/mol. The fourth-order valence-corrected chi connectivity index (χ4v) is 1.69. The quantitative estimate of drug-likeness (QED) is 0.543. The van der Waals surface area contributed by atoms with Crippen molar-refractivity contribution in [1.29, 1.82) is 0 Å². The third kappa shape index (κ3) is 4.01. The zero-order valence-electron chi connectivity index (χ0n) is 11.1. The third-order valence-corrected chi connectivity index (χ3v) is 2.55. The Labute approximate surface area is 108 Å². The number of rotatable bonds is 5. The molecule has 0 radical (unpaired) electrons. The first kappa shape index (κ1) is 14.5. The van der Waals surface area contributed by atoms with Gasteiger partial charge in [-0.3, -0.25) is 10.6 Å². The van der Waals surface area contributed by atoms with Crippen LogP contribution in [0.1, 0.15) is 31.1 Å². The second-order valence-electron chi connectivity index (χ2n) is 4.85. The number of nitrogens with zero attached hydrogens (tertiary/aromatic N) is 1. The van der Waals surface area contributed by atoms with Gasteiger partial charge in [-0.15, -0.1) is 0 Å². The smallest absolute Gasteiger partial charge is 0.253 e. The molecule has 100 valence electrons. The summed E-state index contributed by atoms with van der Waals surface area (Å²) in [6.07, 6.45) is 0. The Kier molecular flexibility index (Phi) is 4.69. The Morgan fingerprint density at radius 3 is 2.33 bits per heavy atom. The minimum atomic E-state index is -0.898. The number of amides is 1. The number of aliphatic hydroxyl groups is 1. The number of nitrogens with one attached hydrogen (secondary N) is 1. The zero-order valence-corrected chi connectivity index (χ0v) is 11.1. The van der Waals surface area contributed by atoms with Crippen LogP contribution in [-0.4, -0.2) is 34.6 Å². The molecule has 0 aliphatic rings. The molecule has 0 unspecified atom stereocenters. The average Bonchev–Trinajstić information content (AvgIpc) is 2.34. The van der Waals surface area contributed by atoms with Gasteiger partial charge in [0.05, 0.1) is 5.60 Å². The van der Waals surface area contributed by atoms with Crippen molar-refractivity contribution in [3.05, 3.63) is 29.8 Å². The Morgan fingerprint density at radius 1 is 1.39 bits per heavy atom.